The van der Waals surface area contributed by atoms with Gasteiger partial charge in [0.2, 0.25) is 16.9 Å². The van der Waals surface area contributed by atoms with Crippen LogP contribution in [0, 0.1) is 0 Å². The quantitative estimate of drug-likeness (QED) is 0.790. The van der Waals surface area contributed by atoms with Crippen LogP contribution in [0.15, 0.2) is 4.34 Å². The molecule has 24 heavy (non-hydrogen) atoms. The number of hydrogen-bond donors (Lipinski definition) is 1. The third-order valence-corrected chi connectivity index (χ3v) is 6.56. The molecule has 132 valence electrons. The zero-order valence-corrected chi connectivity index (χ0v) is 15.5. The van der Waals surface area contributed by atoms with Gasteiger partial charge in [-0.2, -0.15) is 0 Å². The van der Waals surface area contributed by atoms with Crippen molar-refractivity contribution in [2.45, 2.75) is 43.0 Å². The molecule has 2 amide bonds. The van der Waals surface area contributed by atoms with E-state index in [1.54, 1.807) is 6.92 Å². The van der Waals surface area contributed by atoms with Gasteiger partial charge in [0, 0.05) is 39.1 Å². The average Bonchev–Trinajstić information content (AvgIpc) is 3.24. The molecule has 0 bridgehead atoms. The van der Waals surface area contributed by atoms with Crippen molar-refractivity contribution in [3.63, 3.8) is 0 Å². The van der Waals surface area contributed by atoms with Crippen molar-refractivity contribution in [1.82, 2.24) is 20.4 Å². The second kappa shape index (κ2) is 8.15. The molecule has 1 N–H and O–H groups in total. The number of carbonyl (C=O) groups is 2. The van der Waals surface area contributed by atoms with Crippen LogP contribution in [0.1, 0.15) is 32.6 Å². The fourth-order valence-corrected chi connectivity index (χ4v) is 4.77. The third kappa shape index (κ3) is 4.60. The van der Waals surface area contributed by atoms with E-state index in [4.69, 9.17) is 0 Å². The van der Waals surface area contributed by atoms with Crippen molar-refractivity contribution in [3.05, 3.63) is 0 Å². The summed E-state index contributed by atoms with van der Waals surface area (Å²) in [7, 11) is 0. The SMILES string of the molecule is CC(=O)N1CCN(c2nnc(SCC(=O)NC3CCCC3)s2)CC1. The summed E-state index contributed by atoms with van der Waals surface area (Å²) >= 11 is 2.96. The number of aromatic nitrogens is 2. The van der Waals surface area contributed by atoms with Crippen LogP contribution >= 0.6 is 23.1 Å². The highest BCUT2D eigenvalue weighted by Gasteiger charge is 2.22. The normalized spacial score (nSPS) is 18.9. The zero-order chi connectivity index (χ0) is 16.9. The number of amides is 2. The van der Waals surface area contributed by atoms with Gasteiger partial charge in [-0.3, -0.25) is 9.59 Å². The molecule has 9 heteroatoms. The number of nitrogens with one attached hydrogen (secondary N) is 1. The fourth-order valence-electron chi connectivity index (χ4n) is 3.07. The fraction of sp³-hybridized carbons (Fsp3) is 0.733. The molecule has 0 unspecified atom stereocenters. The third-order valence-electron chi connectivity index (χ3n) is 4.44. The Morgan fingerprint density at radius 2 is 1.92 bits per heavy atom. The van der Waals surface area contributed by atoms with Crippen LogP contribution in [0.2, 0.25) is 0 Å². The Bertz CT molecular complexity index is 580. The zero-order valence-electron chi connectivity index (χ0n) is 13.9. The molecule has 0 radical (unpaired) electrons. The van der Waals surface area contributed by atoms with E-state index in [1.807, 2.05) is 4.90 Å². The van der Waals surface area contributed by atoms with Crippen LogP contribution < -0.4 is 10.2 Å². The molecule has 0 aromatic carbocycles. The number of carbonyl (C=O) groups excluding carboxylic acids is 2. The summed E-state index contributed by atoms with van der Waals surface area (Å²) in [6.07, 6.45) is 4.64. The summed E-state index contributed by atoms with van der Waals surface area (Å²) in [6.45, 7) is 4.61. The minimum absolute atomic E-state index is 0.0822. The lowest BCUT2D eigenvalue weighted by atomic mass is 10.2. The monoisotopic (exact) mass is 369 g/mol. The van der Waals surface area contributed by atoms with Gasteiger partial charge in [0.15, 0.2) is 4.34 Å². The second-order valence-corrected chi connectivity index (χ2v) is 8.36. The molecule has 1 saturated heterocycles. The Kier molecular flexibility index (Phi) is 5.94. The van der Waals surface area contributed by atoms with Crippen LogP contribution in [0.4, 0.5) is 5.13 Å². The minimum atomic E-state index is 0.0822. The predicted molar refractivity (Wildman–Crippen MR) is 95.5 cm³/mol. The standard InChI is InChI=1S/C15H23N5O2S2/c1-11(21)19-6-8-20(9-7-19)14-17-18-15(24-14)23-10-13(22)16-12-4-2-3-5-12/h12H,2-10H2,1H3,(H,16,22). The molecule has 2 aliphatic rings. The number of nitrogens with zero attached hydrogens (tertiary/aromatic N) is 4. The lowest BCUT2D eigenvalue weighted by molar-refractivity contribution is -0.129. The summed E-state index contributed by atoms with van der Waals surface area (Å²) in [4.78, 5) is 27.3. The molecule has 2 heterocycles. The van der Waals surface area contributed by atoms with Gasteiger partial charge in [0.05, 0.1) is 5.75 Å². The van der Waals surface area contributed by atoms with Crippen molar-refractivity contribution in [1.29, 1.82) is 0 Å². The van der Waals surface area contributed by atoms with E-state index in [0.29, 0.717) is 11.8 Å². The highest BCUT2D eigenvalue weighted by atomic mass is 32.2. The van der Waals surface area contributed by atoms with E-state index < -0.39 is 0 Å². The molecular weight excluding hydrogens is 346 g/mol. The van der Waals surface area contributed by atoms with Gasteiger partial charge in [-0.15, -0.1) is 10.2 Å². The summed E-state index contributed by atoms with van der Waals surface area (Å²) in [5.74, 6) is 0.596. The summed E-state index contributed by atoms with van der Waals surface area (Å²) < 4.78 is 0.820. The highest BCUT2D eigenvalue weighted by Crippen LogP contribution is 2.28. The maximum atomic E-state index is 12.0. The van der Waals surface area contributed by atoms with Crippen molar-refractivity contribution in [2.24, 2.45) is 0 Å². The summed E-state index contributed by atoms with van der Waals surface area (Å²) in [5.41, 5.74) is 0. The van der Waals surface area contributed by atoms with Crippen LogP contribution in [0.5, 0.6) is 0 Å². The molecule has 3 rings (SSSR count). The molecule has 1 aliphatic carbocycles. The van der Waals surface area contributed by atoms with E-state index in [9.17, 15) is 9.59 Å². The topological polar surface area (TPSA) is 78.4 Å². The molecule has 1 aromatic rings. The van der Waals surface area contributed by atoms with E-state index in [-0.39, 0.29) is 11.8 Å². The van der Waals surface area contributed by atoms with E-state index in [2.05, 4.69) is 20.4 Å². The van der Waals surface area contributed by atoms with Crippen LogP contribution in [-0.4, -0.2) is 64.9 Å². The molecule has 0 spiro atoms. The predicted octanol–water partition coefficient (Wildman–Crippen LogP) is 1.36. The highest BCUT2D eigenvalue weighted by molar-refractivity contribution is 8.01. The molecule has 2 fully saturated rings. The molecule has 0 atom stereocenters. The average molecular weight is 370 g/mol. The molecule has 7 nitrogen and oxygen atoms in total. The van der Waals surface area contributed by atoms with Gasteiger partial charge in [-0.05, 0) is 12.8 Å². The maximum absolute atomic E-state index is 12.0. The van der Waals surface area contributed by atoms with Gasteiger partial charge < -0.3 is 15.1 Å². The van der Waals surface area contributed by atoms with Gasteiger partial charge in [0.25, 0.3) is 0 Å². The lowest BCUT2D eigenvalue weighted by Crippen LogP contribution is -2.48. The molecule has 1 saturated carbocycles. The first kappa shape index (κ1) is 17.5. The first-order chi connectivity index (χ1) is 11.6. The first-order valence-corrected chi connectivity index (χ1v) is 10.2. The van der Waals surface area contributed by atoms with Crippen LogP contribution in [0.25, 0.3) is 0 Å². The van der Waals surface area contributed by atoms with E-state index in [0.717, 1.165) is 48.5 Å². The number of thioether (sulfide) groups is 1. The molecule has 1 aliphatic heterocycles. The van der Waals surface area contributed by atoms with Crippen LogP contribution in [0.3, 0.4) is 0 Å². The number of hydrogen-bond acceptors (Lipinski definition) is 7. The summed E-state index contributed by atoms with van der Waals surface area (Å²) in [5, 5.41) is 12.4. The Morgan fingerprint density at radius 3 is 2.58 bits per heavy atom. The van der Waals surface area contributed by atoms with Crippen molar-refractivity contribution in [2.75, 3.05) is 36.8 Å². The van der Waals surface area contributed by atoms with E-state index in [1.165, 1.54) is 35.9 Å². The number of piperazine rings is 1. The van der Waals surface area contributed by atoms with Gasteiger partial charge >= 0.3 is 0 Å². The van der Waals surface area contributed by atoms with Gasteiger partial charge in [-0.1, -0.05) is 35.9 Å². The smallest absolute Gasteiger partial charge is 0.230 e. The van der Waals surface area contributed by atoms with Gasteiger partial charge in [0.1, 0.15) is 0 Å². The Morgan fingerprint density at radius 1 is 1.21 bits per heavy atom. The van der Waals surface area contributed by atoms with Gasteiger partial charge in [-0.25, -0.2) is 0 Å². The Labute approximate surface area is 150 Å². The van der Waals surface area contributed by atoms with Crippen LogP contribution in [-0.2, 0) is 9.59 Å². The number of anilines is 1. The molecular formula is C15H23N5O2S2. The first-order valence-electron chi connectivity index (χ1n) is 8.38. The van der Waals surface area contributed by atoms with E-state index >= 15 is 0 Å². The van der Waals surface area contributed by atoms with Crippen molar-refractivity contribution < 1.29 is 9.59 Å². The van der Waals surface area contributed by atoms with Crippen molar-refractivity contribution >= 4 is 40.0 Å². The lowest BCUT2D eigenvalue weighted by Gasteiger charge is -2.33. The Balaban J connectivity index is 1.44. The van der Waals surface area contributed by atoms with Crippen molar-refractivity contribution in [3.8, 4) is 0 Å². The molecule has 1 aromatic heterocycles. The second-order valence-electron chi connectivity index (χ2n) is 6.18. The minimum Gasteiger partial charge on any atom is -0.353 e. The Hall–Kier alpha value is -1.35. The number of rotatable bonds is 5. The maximum Gasteiger partial charge on any atom is 0.230 e. The summed E-state index contributed by atoms with van der Waals surface area (Å²) in [6, 6.07) is 0.362. The largest absolute Gasteiger partial charge is 0.353 e.